The lowest BCUT2D eigenvalue weighted by atomic mass is 10.2. The summed E-state index contributed by atoms with van der Waals surface area (Å²) in [5.41, 5.74) is 2.00. The Labute approximate surface area is 120 Å². The number of nitrogens with one attached hydrogen (secondary N) is 2. The molecule has 6 nitrogen and oxygen atoms in total. The Morgan fingerprint density at radius 1 is 1.45 bits per heavy atom. The number of benzene rings is 1. The third-order valence-electron chi connectivity index (χ3n) is 2.71. The van der Waals surface area contributed by atoms with Crippen LogP contribution in [-0.4, -0.2) is 27.0 Å². The fourth-order valence-electron chi connectivity index (χ4n) is 1.73. The molecule has 0 bridgehead atoms. The van der Waals surface area contributed by atoms with Crippen LogP contribution in [0.5, 0.6) is 0 Å². The first kappa shape index (κ1) is 15.2. The van der Waals surface area contributed by atoms with Crippen molar-refractivity contribution in [3.05, 3.63) is 29.0 Å². The van der Waals surface area contributed by atoms with Gasteiger partial charge in [-0.15, -0.1) is 4.83 Å². The largest absolute Gasteiger partial charge is 0.368 e. The van der Waals surface area contributed by atoms with Gasteiger partial charge in [0.25, 0.3) is 15.9 Å². The Balaban J connectivity index is 2.05. The monoisotopic (exact) mass is 322 g/mol. The Morgan fingerprint density at radius 2 is 2.20 bits per heavy atom. The second kappa shape index (κ2) is 6.04. The highest BCUT2D eigenvalue weighted by atomic mass is 35.5. The number of carbonyl (C=O) groups is 1. The number of hydrogen-bond donors (Lipinski definition) is 2. The maximum absolute atomic E-state index is 13.5. The van der Waals surface area contributed by atoms with Crippen LogP contribution in [0.4, 0.5) is 4.39 Å². The number of amides is 1. The van der Waals surface area contributed by atoms with Gasteiger partial charge in [-0.1, -0.05) is 11.6 Å². The van der Waals surface area contributed by atoms with E-state index in [-0.39, 0.29) is 5.02 Å². The van der Waals surface area contributed by atoms with Crippen molar-refractivity contribution in [2.24, 2.45) is 0 Å². The van der Waals surface area contributed by atoms with Crippen LogP contribution in [0.2, 0.25) is 5.02 Å². The predicted octanol–water partition coefficient (Wildman–Crippen LogP) is 0.968. The van der Waals surface area contributed by atoms with Gasteiger partial charge in [0.1, 0.15) is 16.8 Å². The lowest BCUT2D eigenvalue weighted by Crippen LogP contribution is -2.46. The first-order chi connectivity index (χ1) is 9.40. The standard InChI is InChI=1S/C11H12ClFN2O4S/c12-7-3-4-10(8(13)6-7)20(17,18)15-14-11(16)9-2-1-5-19-9/h3-4,6,9,15H,1-2,5H2,(H,14,16). The molecule has 0 radical (unpaired) electrons. The van der Waals surface area contributed by atoms with E-state index in [4.69, 9.17) is 16.3 Å². The van der Waals surface area contributed by atoms with Gasteiger partial charge in [0.15, 0.2) is 0 Å². The summed E-state index contributed by atoms with van der Waals surface area (Å²) >= 11 is 5.54. The van der Waals surface area contributed by atoms with Gasteiger partial charge < -0.3 is 4.74 Å². The van der Waals surface area contributed by atoms with Crippen LogP contribution in [-0.2, 0) is 19.6 Å². The number of sulfonamides is 1. The molecule has 0 aliphatic carbocycles. The molecule has 1 aliphatic rings. The maximum Gasteiger partial charge on any atom is 0.264 e. The highest BCUT2D eigenvalue weighted by molar-refractivity contribution is 7.89. The number of halogens is 2. The summed E-state index contributed by atoms with van der Waals surface area (Å²) in [6.07, 6.45) is 0.562. The van der Waals surface area contributed by atoms with Crippen molar-refractivity contribution in [3.63, 3.8) is 0 Å². The van der Waals surface area contributed by atoms with Crippen molar-refractivity contribution in [2.75, 3.05) is 6.61 Å². The number of hydrogen-bond acceptors (Lipinski definition) is 4. The zero-order chi connectivity index (χ0) is 14.8. The lowest BCUT2D eigenvalue weighted by molar-refractivity contribution is -0.130. The summed E-state index contributed by atoms with van der Waals surface area (Å²) in [6.45, 7) is 0.455. The van der Waals surface area contributed by atoms with E-state index < -0.39 is 32.7 Å². The predicted molar refractivity (Wildman–Crippen MR) is 68.8 cm³/mol. The molecule has 0 spiro atoms. The quantitative estimate of drug-likeness (QED) is 0.809. The van der Waals surface area contributed by atoms with E-state index >= 15 is 0 Å². The van der Waals surface area contributed by atoms with Crippen LogP contribution < -0.4 is 10.3 Å². The zero-order valence-corrected chi connectivity index (χ0v) is 11.8. The summed E-state index contributed by atoms with van der Waals surface area (Å²) in [5.74, 6) is -1.61. The molecule has 1 fully saturated rings. The Bertz CT molecular complexity index is 617. The third-order valence-corrected chi connectivity index (χ3v) is 4.23. The number of ether oxygens (including phenoxy) is 1. The molecule has 1 amide bonds. The molecule has 0 saturated carbocycles. The van der Waals surface area contributed by atoms with Gasteiger partial charge in [-0.05, 0) is 31.0 Å². The Morgan fingerprint density at radius 3 is 2.80 bits per heavy atom. The van der Waals surface area contributed by atoms with E-state index in [1.54, 1.807) is 0 Å². The van der Waals surface area contributed by atoms with E-state index in [0.717, 1.165) is 18.6 Å². The van der Waals surface area contributed by atoms with Crippen molar-refractivity contribution in [1.82, 2.24) is 10.3 Å². The molecule has 2 rings (SSSR count). The summed E-state index contributed by atoms with van der Waals surface area (Å²) in [6, 6.07) is 3.12. The second-order valence-corrected chi connectivity index (χ2v) is 6.26. The first-order valence-electron chi connectivity index (χ1n) is 5.78. The van der Waals surface area contributed by atoms with Crippen LogP contribution in [0.3, 0.4) is 0 Å². The SMILES string of the molecule is O=C(NNS(=O)(=O)c1ccc(Cl)cc1F)C1CCCO1. The van der Waals surface area contributed by atoms with Gasteiger partial charge >= 0.3 is 0 Å². The van der Waals surface area contributed by atoms with E-state index in [1.165, 1.54) is 6.07 Å². The van der Waals surface area contributed by atoms with Crippen LogP contribution in [0, 0.1) is 5.82 Å². The van der Waals surface area contributed by atoms with E-state index in [0.29, 0.717) is 13.0 Å². The average molecular weight is 323 g/mol. The zero-order valence-electron chi connectivity index (χ0n) is 10.2. The molecule has 9 heteroatoms. The second-order valence-electron chi connectivity index (χ2n) is 4.17. The van der Waals surface area contributed by atoms with Crippen molar-refractivity contribution < 1.29 is 22.3 Å². The molecular formula is C11H12ClFN2O4S. The average Bonchev–Trinajstić information content (AvgIpc) is 2.89. The van der Waals surface area contributed by atoms with Crippen LogP contribution in [0.1, 0.15) is 12.8 Å². The third kappa shape index (κ3) is 3.45. The van der Waals surface area contributed by atoms with Crippen LogP contribution in [0.25, 0.3) is 0 Å². The molecule has 110 valence electrons. The van der Waals surface area contributed by atoms with E-state index in [2.05, 4.69) is 0 Å². The topological polar surface area (TPSA) is 84.5 Å². The molecule has 1 atom stereocenters. The van der Waals surface area contributed by atoms with E-state index in [1.807, 2.05) is 10.3 Å². The highest BCUT2D eigenvalue weighted by Crippen LogP contribution is 2.18. The van der Waals surface area contributed by atoms with Crippen molar-refractivity contribution in [2.45, 2.75) is 23.8 Å². The summed E-state index contributed by atoms with van der Waals surface area (Å²) < 4.78 is 42.3. The van der Waals surface area contributed by atoms with E-state index in [9.17, 15) is 17.6 Å². The molecule has 1 heterocycles. The molecule has 1 saturated heterocycles. The number of hydrazine groups is 1. The Hall–Kier alpha value is -1.22. The number of rotatable bonds is 4. The molecule has 2 N–H and O–H groups in total. The number of carbonyl (C=O) groups excluding carboxylic acids is 1. The molecule has 1 aliphatic heterocycles. The summed E-state index contributed by atoms with van der Waals surface area (Å²) in [5, 5.41) is 0.0739. The van der Waals surface area contributed by atoms with Crippen molar-refractivity contribution in [1.29, 1.82) is 0 Å². The fourth-order valence-corrected chi connectivity index (χ4v) is 2.80. The lowest BCUT2D eigenvalue weighted by Gasteiger charge is -2.12. The van der Waals surface area contributed by atoms with Crippen molar-refractivity contribution in [3.8, 4) is 0 Å². The van der Waals surface area contributed by atoms with Crippen molar-refractivity contribution >= 4 is 27.5 Å². The summed E-state index contributed by atoms with van der Waals surface area (Å²) in [4.78, 5) is 12.8. The van der Waals surface area contributed by atoms with Crippen LogP contribution >= 0.6 is 11.6 Å². The fraction of sp³-hybridized carbons (Fsp3) is 0.364. The van der Waals surface area contributed by atoms with Gasteiger partial charge in [-0.2, -0.15) is 0 Å². The first-order valence-corrected chi connectivity index (χ1v) is 7.64. The maximum atomic E-state index is 13.5. The normalized spacial score (nSPS) is 19.0. The summed E-state index contributed by atoms with van der Waals surface area (Å²) in [7, 11) is -4.20. The highest BCUT2D eigenvalue weighted by Gasteiger charge is 2.26. The van der Waals surface area contributed by atoms with Gasteiger partial charge in [0, 0.05) is 11.6 Å². The molecule has 1 aromatic carbocycles. The molecule has 1 aromatic rings. The Kier molecular flexibility index (Phi) is 4.59. The molecule has 0 aromatic heterocycles. The minimum Gasteiger partial charge on any atom is -0.368 e. The van der Waals surface area contributed by atoms with Gasteiger partial charge in [0.2, 0.25) is 0 Å². The molecular weight excluding hydrogens is 311 g/mol. The van der Waals surface area contributed by atoms with Gasteiger partial charge in [-0.25, -0.2) is 12.8 Å². The smallest absolute Gasteiger partial charge is 0.264 e. The minimum absolute atomic E-state index is 0.0739. The molecule has 20 heavy (non-hydrogen) atoms. The molecule has 1 unspecified atom stereocenters. The minimum atomic E-state index is -4.20. The van der Waals surface area contributed by atoms with Gasteiger partial charge in [-0.3, -0.25) is 10.2 Å². The van der Waals surface area contributed by atoms with Crippen LogP contribution in [0.15, 0.2) is 23.1 Å². The van der Waals surface area contributed by atoms with Gasteiger partial charge in [0.05, 0.1) is 0 Å².